The zero-order valence-electron chi connectivity index (χ0n) is 12.4. The molecule has 1 atom stereocenters. The van der Waals surface area contributed by atoms with Crippen molar-refractivity contribution in [1.82, 2.24) is 10.2 Å². The Balaban J connectivity index is 0.00000121. The third kappa shape index (κ3) is 2.32. The number of carbonyl (C=O) groups is 1. The molecule has 4 aliphatic carbocycles. The largest absolute Gasteiger partial charge is 0.313 e. The average molecular weight is 299 g/mol. The summed E-state index contributed by atoms with van der Waals surface area (Å²) in [6.07, 6.45) is 6.89. The van der Waals surface area contributed by atoms with Gasteiger partial charge in [0.2, 0.25) is 0 Å². The van der Waals surface area contributed by atoms with Gasteiger partial charge in [-0.05, 0) is 62.8 Å². The van der Waals surface area contributed by atoms with Gasteiger partial charge in [-0.2, -0.15) is 0 Å². The second-order valence-corrected chi connectivity index (χ2v) is 7.56. The molecule has 4 bridgehead atoms. The molecule has 0 amide bonds. The Labute approximate surface area is 128 Å². The number of hydrogen-bond acceptors (Lipinski definition) is 3. The highest BCUT2D eigenvalue weighted by atomic mass is 35.5. The van der Waals surface area contributed by atoms with Gasteiger partial charge >= 0.3 is 0 Å². The smallest absolute Gasteiger partial charge is 0.154 e. The first kappa shape index (κ1) is 14.8. The number of halogens is 1. The van der Waals surface area contributed by atoms with Crippen molar-refractivity contribution >= 4 is 18.2 Å². The van der Waals surface area contributed by atoms with E-state index >= 15 is 0 Å². The molecule has 1 aliphatic heterocycles. The standard InChI is InChI=1S/C16H26N2O.ClH/c1-18-3-2-17-9-14(18)16(19)15-12-5-10-4-11(7-12)8-13(15)6-10;/h10-15,17H,2-9H2,1H3;1H. The van der Waals surface area contributed by atoms with E-state index < -0.39 is 0 Å². The molecule has 0 aromatic heterocycles. The number of hydrogen-bond donors (Lipinski definition) is 1. The molecule has 4 heteroatoms. The first-order valence-electron chi connectivity index (χ1n) is 8.17. The number of nitrogens with one attached hydrogen (secondary N) is 1. The molecule has 5 rings (SSSR count). The molecule has 1 N–H and O–H groups in total. The number of piperazine rings is 1. The van der Waals surface area contributed by atoms with E-state index in [9.17, 15) is 4.79 Å². The average Bonchev–Trinajstić information content (AvgIpc) is 2.37. The Hall–Kier alpha value is -0.120. The summed E-state index contributed by atoms with van der Waals surface area (Å²) in [5.74, 6) is 4.38. The van der Waals surface area contributed by atoms with Gasteiger partial charge in [0, 0.05) is 25.6 Å². The van der Waals surface area contributed by atoms with Crippen molar-refractivity contribution in [1.29, 1.82) is 0 Å². The van der Waals surface area contributed by atoms with Crippen LogP contribution in [0.3, 0.4) is 0 Å². The first-order valence-corrected chi connectivity index (χ1v) is 8.17. The van der Waals surface area contributed by atoms with Gasteiger partial charge in [0.15, 0.2) is 5.78 Å². The van der Waals surface area contributed by atoms with E-state index in [2.05, 4.69) is 17.3 Å². The van der Waals surface area contributed by atoms with Crippen LogP contribution in [0.2, 0.25) is 0 Å². The lowest BCUT2D eigenvalue weighted by Crippen LogP contribution is -2.58. The molecule has 1 heterocycles. The van der Waals surface area contributed by atoms with Crippen LogP contribution in [0.25, 0.3) is 0 Å². The van der Waals surface area contributed by atoms with Crippen LogP contribution in [0.15, 0.2) is 0 Å². The second kappa shape index (κ2) is 5.58. The van der Waals surface area contributed by atoms with E-state index in [0.29, 0.717) is 11.7 Å². The molecule has 3 nitrogen and oxygen atoms in total. The minimum Gasteiger partial charge on any atom is -0.313 e. The Morgan fingerprint density at radius 2 is 1.65 bits per heavy atom. The van der Waals surface area contributed by atoms with Gasteiger partial charge in [-0.3, -0.25) is 9.69 Å². The van der Waals surface area contributed by atoms with Crippen molar-refractivity contribution < 1.29 is 4.79 Å². The molecule has 5 aliphatic rings. The second-order valence-electron chi connectivity index (χ2n) is 7.56. The predicted octanol–water partition coefficient (Wildman–Crippen LogP) is 1.95. The van der Waals surface area contributed by atoms with Crippen LogP contribution in [0.1, 0.15) is 32.1 Å². The molecular formula is C16H27ClN2O. The topological polar surface area (TPSA) is 32.3 Å². The van der Waals surface area contributed by atoms with Gasteiger partial charge in [-0.1, -0.05) is 0 Å². The van der Waals surface area contributed by atoms with E-state index in [0.717, 1.165) is 43.3 Å². The van der Waals surface area contributed by atoms with Crippen molar-refractivity contribution in [3.63, 3.8) is 0 Å². The van der Waals surface area contributed by atoms with Crippen molar-refractivity contribution in [2.24, 2.45) is 29.6 Å². The van der Waals surface area contributed by atoms with E-state index in [4.69, 9.17) is 0 Å². The maximum atomic E-state index is 13.0. The Morgan fingerprint density at radius 1 is 1.05 bits per heavy atom. The summed E-state index contributed by atoms with van der Waals surface area (Å²) in [6.45, 7) is 2.92. The zero-order valence-corrected chi connectivity index (χ0v) is 13.2. The molecule has 20 heavy (non-hydrogen) atoms. The molecule has 5 fully saturated rings. The van der Waals surface area contributed by atoms with Gasteiger partial charge in [-0.15, -0.1) is 12.4 Å². The summed E-state index contributed by atoms with van der Waals surface area (Å²) in [4.78, 5) is 15.3. The van der Waals surface area contributed by atoms with E-state index in [1.54, 1.807) is 0 Å². The number of ketones is 1. The lowest BCUT2D eigenvalue weighted by molar-refractivity contribution is -0.141. The fourth-order valence-corrected chi connectivity index (χ4v) is 5.74. The SMILES string of the molecule is CN1CCNCC1C(=O)C1C2CC3CC(C2)CC1C3.Cl. The van der Waals surface area contributed by atoms with Gasteiger partial charge in [0.25, 0.3) is 0 Å². The quantitative estimate of drug-likeness (QED) is 0.846. The maximum absolute atomic E-state index is 13.0. The monoisotopic (exact) mass is 298 g/mol. The van der Waals surface area contributed by atoms with Gasteiger partial charge in [0.05, 0.1) is 6.04 Å². The van der Waals surface area contributed by atoms with Crippen LogP contribution in [-0.4, -0.2) is 43.4 Å². The maximum Gasteiger partial charge on any atom is 0.154 e. The highest BCUT2D eigenvalue weighted by Crippen LogP contribution is 2.56. The Bertz CT molecular complexity index is 359. The first-order chi connectivity index (χ1) is 9.22. The summed E-state index contributed by atoms with van der Waals surface area (Å²) >= 11 is 0. The minimum absolute atomic E-state index is 0. The van der Waals surface area contributed by atoms with E-state index in [1.165, 1.54) is 32.1 Å². The Morgan fingerprint density at radius 3 is 2.20 bits per heavy atom. The van der Waals surface area contributed by atoms with Crippen molar-refractivity contribution in [2.75, 3.05) is 26.7 Å². The lowest BCUT2D eigenvalue weighted by Gasteiger charge is -2.54. The molecule has 0 spiro atoms. The minimum atomic E-state index is 0. The molecule has 1 saturated heterocycles. The fourth-order valence-electron chi connectivity index (χ4n) is 5.74. The van der Waals surface area contributed by atoms with Gasteiger partial charge in [0.1, 0.15) is 0 Å². The van der Waals surface area contributed by atoms with E-state index in [-0.39, 0.29) is 18.4 Å². The molecule has 1 unspecified atom stereocenters. The summed E-state index contributed by atoms with van der Waals surface area (Å²) in [7, 11) is 2.12. The number of Topliss-reactive ketones (excluding diaryl/α,β-unsaturated/α-hetero) is 1. The Kier molecular flexibility index (Phi) is 4.13. The number of carbonyl (C=O) groups excluding carboxylic acids is 1. The highest BCUT2D eigenvalue weighted by Gasteiger charge is 2.51. The molecule has 0 radical (unpaired) electrons. The van der Waals surface area contributed by atoms with Gasteiger partial charge < -0.3 is 5.32 Å². The van der Waals surface area contributed by atoms with Crippen molar-refractivity contribution in [3.05, 3.63) is 0 Å². The third-order valence-corrected chi connectivity index (χ3v) is 6.39. The van der Waals surface area contributed by atoms with Crippen LogP contribution < -0.4 is 5.32 Å². The van der Waals surface area contributed by atoms with Crippen LogP contribution >= 0.6 is 12.4 Å². The number of nitrogens with zero attached hydrogens (tertiary/aromatic N) is 1. The van der Waals surface area contributed by atoms with Gasteiger partial charge in [-0.25, -0.2) is 0 Å². The van der Waals surface area contributed by atoms with Crippen LogP contribution in [-0.2, 0) is 4.79 Å². The molecule has 4 saturated carbocycles. The zero-order chi connectivity index (χ0) is 13.0. The third-order valence-electron chi connectivity index (χ3n) is 6.39. The molecule has 114 valence electrons. The van der Waals surface area contributed by atoms with Crippen molar-refractivity contribution in [3.8, 4) is 0 Å². The van der Waals surface area contributed by atoms with Crippen LogP contribution in [0.4, 0.5) is 0 Å². The number of likely N-dealkylation sites (N-methyl/N-ethyl adjacent to an activating group) is 1. The van der Waals surface area contributed by atoms with E-state index in [1.807, 2.05) is 0 Å². The van der Waals surface area contributed by atoms with Crippen LogP contribution in [0, 0.1) is 29.6 Å². The fraction of sp³-hybridized carbons (Fsp3) is 0.938. The summed E-state index contributed by atoms with van der Waals surface area (Å²) in [5.41, 5.74) is 0. The molecule has 0 aromatic carbocycles. The van der Waals surface area contributed by atoms with Crippen LogP contribution in [0.5, 0.6) is 0 Å². The predicted molar refractivity (Wildman–Crippen MR) is 82.1 cm³/mol. The number of rotatable bonds is 2. The summed E-state index contributed by atoms with van der Waals surface area (Å²) < 4.78 is 0. The highest BCUT2D eigenvalue weighted by molar-refractivity contribution is 5.87. The summed E-state index contributed by atoms with van der Waals surface area (Å²) in [5, 5.41) is 3.41. The lowest BCUT2D eigenvalue weighted by atomic mass is 9.50. The summed E-state index contributed by atoms with van der Waals surface area (Å²) in [6, 6.07) is 0.149. The normalized spacial score (nSPS) is 47.0. The molecular weight excluding hydrogens is 272 g/mol. The molecule has 0 aromatic rings. The van der Waals surface area contributed by atoms with Crippen molar-refractivity contribution in [2.45, 2.75) is 38.1 Å².